The van der Waals surface area contributed by atoms with Crippen LogP contribution < -0.4 is 0 Å². The molecule has 0 spiro atoms. The molecular formula is C11H14N2O. The summed E-state index contributed by atoms with van der Waals surface area (Å²) in [5.74, 6) is 0.697. The summed E-state index contributed by atoms with van der Waals surface area (Å²) in [5, 5.41) is 0. The van der Waals surface area contributed by atoms with Crippen LogP contribution in [0.25, 0.3) is 0 Å². The highest BCUT2D eigenvalue weighted by atomic mass is 16.1. The minimum absolute atomic E-state index is 0.0111. The smallest absolute Gasteiger partial charge is 0.183 e. The molecule has 0 bridgehead atoms. The predicted molar refractivity (Wildman–Crippen MR) is 53.2 cm³/mol. The summed E-state index contributed by atoms with van der Waals surface area (Å²) >= 11 is 0. The van der Waals surface area contributed by atoms with Crippen molar-refractivity contribution in [2.24, 2.45) is 5.92 Å². The highest BCUT2D eigenvalue weighted by Crippen LogP contribution is 2.38. The molecule has 14 heavy (non-hydrogen) atoms. The van der Waals surface area contributed by atoms with E-state index in [0.29, 0.717) is 11.6 Å². The highest BCUT2D eigenvalue weighted by Gasteiger charge is 2.26. The quantitative estimate of drug-likeness (QED) is 0.686. The number of hydrogen-bond donors (Lipinski definition) is 0. The SMILES string of the molecule is CC(C)C(=O)c1cc(C2CC2)ncn1. The van der Waals surface area contributed by atoms with E-state index in [1.165, 1.54) is 19.2 Å². The fraction of sp³-hybridized carbons (Fsp3) is 0.545. The van der Waals surface area contributed by atoms with E-state index < -0.39 is 0 Å². The van der Waals surface area contributed by atoms with Crippen molar-refractivity contribution in [3.05, 3.63) is 23.8 Å². The largest absolute Gasteiger partial charge is 0.292 e. The van der Waals surface area contributed by atoms with Gasteiger partial charge < -0.3 is 0 Å². The van der Waals surface area contributed by atoms with Gasteiger partial charge in [0.05, 0.1) is 0 Å². The van der Waals surface area contributed by atoms with Crippen molar-refractivity contribution in [3.8, 4) is 0 Å². The standard InChI is InChI=1S/C11H14N2O/c1-7(2)11(14)10-5-9(8-3-4-8)12-6-13-10/h5-8H,3-4H2,1-2H3. The monoisotopic (exact) mass is 190 g/mol. The van der Waals surface area contributed by atoms with Crippen LogP contribution in [0.2, 0.25) is 0 Å². The Bertz CT molecular complexity index is 356. The third kappa shape index (κ3) is 1.81. The number of carbonyl (C=O) groups excluding carboxylic acids is 1. The molecule has 1 fully saturated rings. The zero-order chi connectivity index (χ0) is 10.1. The zero-order valence-electron chi connectivity index (χ0n) is 8.53. The molecule has 0 aromatic carbocycles. The van der Waals surface area contributed by atoms with Gasteiger partial charge in [0.2, 0.25) is 0 Å². The average molecular weight is 190 g/mol. The Labute approximate surface area is 83.6 Å². The van der Waals surface area contributed by atoms with Gasteiger partial charge >= 0.3 is 0 Å². The first-order valence-electron chi connectivity index (χ1n) is 5.04. The second-order valence-corrected chi connectivity index (χ2v) is 4.12. The molecular weight excluding hydrogens is 176 g/mol. The maximum Gasteiger partial charge on any atom is 0.183 e. The molecule has 1 aromatic heterocycles. The van der Waals surface area contributed by atoms with E-state index in [-0.39, 0.29) is 11.7 Å². The van der Waals surface area contributed by atoms with Crippen molar-refractivity contribution in [3.63, 3.8) is 0 Å². The fourth-order valence-electron chi connectivity index (χ4n) is 1.41. The number of Topliss-reactive ketones (excluding diaryl/α,β-unsaturated/α-hetero) is 1. The minimum Gasteiger partial charge on any atom is -0.292 e. The molecule has 1 saturated carbocycles. The summed E-state index contributed by atoms with van der Waals surface area (Å²) < 4.78 is 0. The Kier molecular flexibility index (Phi) is 2.32. The second kappa shape index (κ2) is 3.48. The normalized spacial score (nSPS) is 15.9. The van der Waals surface area contributed by atoms with Gasteiger partial charge in [-0.15, -0.1) is 0 Å². The van der Waals surface area contributed by atoms with Gasteiger partial charge in [-0.05, 0) is 18.9 Å². The van der Waals surface area contributed by atoms with Gasteiger partial charge in [-0.2, -0.15) is 0 Å². The number of ketones is 1. The van der Waals surface area contributed by atoms with Crippen molar-refractivity contribution in [1.29, 1.82) is 0 Å². The van der Waals surface area contributed by atoms with Gasteiger partial charge in [0.15, 0.2) is 5.78 Å². The van der Waals surface area contributed by atoms with E-state index in [9.17, 15) is 4.79 Å². The van der Waals surface area contributed by atoms with Gasteiger partial charge in [0.25, 0.3) is 0 Å². The third-order valence-corrected chi connectivity index (χ3v) is 2.46. The molecule has 1 heterocycles. The molecule has 74 valence electrons. The van der Waals surface area contributed by atoms with Crippen LogP contribution in [0, 0.1) is 5.92 Å². The van der Waals surface area contributed by atoms with Crippen LogP contribution in [0.5, 0.6) is 0 Å². The Morgan fingerprint density at radius 2 is 2.14 bits per heavy atom. The summed E-state index contributed by atoms with van der Waals surface area (Å²) in [6.45, 7) is 3.78. The van der Waals surface area contributed by atoms with Gasteiger partial charge in [-0.1, -0.05) is 13.8 Å². The Balaban J connectivity index is 2.25. The van der Waals surface area contributed by atoms with E-state index in [1.807, 2.05) is 19.9 Å². The highest BCUT2D eigenvalue weighted by molar-refractivity contribution is 5.95. The lowest BCUT2D eigenvalue weighted by Gasteiger charge is -2.04. The zero-order valence-corrected chi connectivity index (χ0v) is 8.53. The van der Waals surface area contributed by atoms with Crippen molar-refractivity contribution in [2.45, 2.75) is 32.6 Å². The van der Waals surface area contributed by atoms with Gasteiger partial charge in [0.1, 0.15) is 12.0 Å². The van der Waals surface area contributed by atoms with Crippen molar-refractivity contribution >= 4 is 5.78 Å². The van der Waals surface area contributed by atoms with Gasteiger partial charge in [-0.3, -0.25) is 4.79 Å². The summed E-state index contributed by atoms with van der Waals surface area (Å²) in [5.41, 5.74) is 1.60. The molecule has 0 unspecified atom stereocenters. The van der Waals surface area contributed by atoms with Crippen LogP contribution in [0.15, 0.2) is 12.4 Å². The van der Waals surface area contributed by atoms with Gasteiger partial charge in [-0.25, -0.2) is 9.97 Å². The molecule has 0 amide bonds. The first-order valence-corrected chi connectivity index (χ1v) is 5.04. The van der Waals surface area contributed by atoms with Crippen LogP contribution in [0.1, 0.15) is 48.8 Å². The molecule has 1 aliphatic carbocycles. The number of nitrogens with zero attached hydrogens (tertiary/aromatic N) is 2. The molecule has 0 N–H and O–H groups in total. The molecule has 3 nitrogen and oxygen atoms in total. The molecule has 1 aliphatic rings. The maximum atomic E-state index is 11.6. The predicted octanol–water partition coefficient (Wildman–Crippen LogP) is 2.19. The average Bonchev–Trinajstić information content (AvgIpc) is 3.00. The molecule has 0 aliphatic heterocycles. The topological polar surface area (TPSA) is 42.9 Å². The summed E-state index contributed by atoms with van der Waals surface area (Å²) in [6, 6.07) is 1.85. The van der Waals surface area contributed by atoms with Crippen LogP contribution in [-0.2, 0) is 0 Å². The third-order valence-electron chi connectivity index (χ3n) is 2.46. The van der Waals surface area contributed by atoms with Crippen LogP contribution in [0.3, 0.4) is 0 Å². The molecule has 0 atom stereocenters. The summed E-state index contributed by atoms with van der Waals surface area (Å²) in [4.78, 5) is 19.8. The van der Waals surface area contributed by atoms with E-state index in [2.05, 4.69) is 9.97 Å². The maximum absolute atomic E-state index is 11.6. The molecule has 1 aromatic rings. The van der Waals surface area contributed by atoms with Gasteiger partial charge in [0, 0.05) is 17.5 Å². The number of carbonyl (C=O) groups is 1. The molecule has 0 saturated heterocycles. The fourth-order valence-corrected chi connectivity index (χ4v) is 1.41. The molecule has 0 radical (unpaired) electrons. The number of hydrogen-bond acceptors (Lipinski definition) is 3. The molecule has 3 heteroatoms. The van der Waals surface area contributed by atoms with E-state index in [0.717, 1.165) is 5.69 Å². The van der Waals surface area contributed by atoms with Crippen molar-refractivity contribution in [2.75, 3.05) is 0 Å². The van der Waals surface area contributed by atoms with Crippen LogP contribution in [0.4, 0.5) is 0 Å². The lowest BCUT2D eigenvalue weighted by molar-refractivity contribution is 0.0934. The summed E-state index contributed by atoms with van der Waals surface area (Å²) in [6.07, 6.45) is 3.90. The Morgan fingerprint density at radius 1 is 1.43 bits per heavy atom. The van der Waals surface area contributed by atoms with E-state index in [1.54, 1.807) is 0 Å². The number of rotatable bonds is 3. The molecule has 2 rings (SSSR count). The summed E-state index contributed by atoms with van der Waals surface area (Å²) in [7, 11) is 0. The van der Waals surface area contributed by atoms with E-state index >= 15 is 0 Å². The van der Waals surface area contributed by atoms with Crippen molar-refractivity contribution < 1.29 is 4.79 Å². The van der Waals surface area contributed by atoms with Crippen LogP contribution in [-0.4, -0.2) is 15.8 Å². The first kappa shape index (κ1) is 9.31. The Morgan fingerprint density at radius 3 is 2.71 bits per heavy atom. The minimum atomic E-state index is 0.0111. The van der Waals surface area contributed by atoms with Crippen LogP contribution >= 0.6 is 0 Å². The lowest BCUT2D eigenvalue weighted by Crippen LogP contribution is -2.10. The lowest BCUT2D eigenvalue weighted by atomic mass is 10.1. The van der Waals surface area contributed by atoms with E-state index in [4.69, 9.17) is 0 Å². The first-order chi connectivity index (χ1) is 6.68. The Hall–Kier alpha value is -1.25. The second-order valence-electron chi connectivity index (χ2n) is 4.12. The number of aromatic nitrogens is 2. The van der Waals surface area contributed by atoms with Crippen molar-refractivity contribution in [1.82, 2.24) is 9.97 Å².